The van der Waals surface area contributed by atoms with Crippen molar-refractivity contribution in [1.82, 2.24) is 4.98 Å². The second kappa shape index (κ2) is 10.7. The number of aromatic nitrogens is 1. The average molecular weight is 433 g/mol. The van der Waals surface area contributed by atoms with Gasteiger partial charge in [-0.25, -0.2) is 4.79 Å². The van der Waals surface area contributed by atoms with Gasteiger partial charge in [0.05, 0.1) is 0 Å². The van der Waals surface area contributed by atoms with Gasteiger partial charge >= 0.3 is 5.97 Å². The molecule has 2 amide bonds. The topological polar surface area (TPSA) is 108 Å². The lowest BCUT2D eigenvalue weighted by Gasteiger charge is -2.17. The van der Waals surface area contributed by atoms with E-state index >= 15 is 0 Å². The molecule has 1 atom stereocenters. The highest BCUT2D eigenvalue weighted by atomic mass is 32.2. The quantitative estimate of drug-likeness (QED) is 0.364. The maximum atomic E-state index is 13.0. The summed E-state index contributed by atoms with van der Waals surface area (Å²) in [5, 5.41) is 13.6. The first kappa shape index (κ1) is 21.8. The van der Waals surface area contributed by atoms with Crippen molar-refractivity contribution in [2.75, 3.05) is 10.6 Å². The molecule has 1 heterocycles. The first-order valence-electron chi connectivity index (χ1n) is 9.26. The van der Waals surface area contributed by atoms with Gasteiger partial charge in [0.25, 0.3) is 0 Å². The molecule has 0 radical (unpaired) electrons. The summed E-state index contributed by atoms with van der Waals surface area (Å²) in [7, 11) is 0. The second-order valence-electron chi connectivity index (χ2n) is 6.32. The van der Waals surface area contributed by atoms with Crippen LogP contribution in [0.3, 0.4) is 0 Å². The maximum Gasteiger partial charge on any atom is 0.328 e. The van der Waals surface area contributed by atoms with Crippen molar-refractivity contribution in [3.8, 4) is 0 Å². The fourth-order valence-corrected chi connectivity index (χ4v) is 3.74. The molecule has 0 bridgehead atoms. The van der Waals surface area contributed by atoms with Crippen LogP contribution in [0.15, 0.2) is 96.2 Å². The lowest BCUT2D eigenvalue weighted by Crippen LogP contribution is -2.19. The minimum absolute atomic E-state index is 0.193. The predicted octanol–water partition coefficient (Wildman–Crippen LogP) is 4.13. The van der Waals surface area contributed by atoms with Gasteiger partial charge in [-0.2, -0.15) is 0 Å². The first-order valence-corrected chi connectivity index (χ1v) is 10.1. The Balaban J connectivity index is 1.79. The van der Waals surface area contributed by atoms with Gasteiger partial charge in [0, 0.05) is 40.8 Å². The highest BCUT2D eigenvalue weighted by Gasteiger charge is 2.22. The number of rotatable bonds is 8. The third-order valence-corrected chi connectivity index (χ3v) is 5.27. The van der Waals surface area contributed by atoms with E-state index in [4.69, 9.17) is 5.11 Å². The van der Waals surface area contributed by atoms with E-state index in [-0.39, 0.29) is 5.91 Å². The SMILES string of the molecule is O=C(O)/C=C/C(=O)Nc1cccc(SC(C(=O)Nc2ccncc2)c2ccccc2)c1. The Morgan fingerprint density at radius 1 is 0.871 bits per heavy atom. The molecule has 1 unspecified atom stereocenters. The third kappa shape index (κ3) is 6.83. The van der Waals surface area contributed by atoms with Crippen molar-refractivity contribution in [3.63, 3.8) is 0 Å². The Hall–Kier alpha value is -3.91. The number of carboxylic acids is 1. The maximum absolute atomic E-state index is 13.0. The Labute approximate surface area is 183 Å². The average Bonchev–Trinajstić information content (AvgIpc) is 2.77. The van der Waals surface area contributed by atoms with Crippen LogP contribution in [0.25, 0.3) is 0 Å². The summed E-state index contributed by atoms with van der Waals surface area (Å²) in [6, 6.07) is 19.8. The van der Waals surface area contributed by atoms with E-state index in [2.05, 4.69) is 15.6 Å². The zero-order valence-corrected chi connectivity index (χ0v) is 17.1. The summed E-state index contributed by atoms with van der Waals surface area (Å²) in [5.74, 6) is -1.95. The van der Waals surface area contributed by atoms with Crippen molar-refractivity contribution < 1.29 is 19.5 Å². The molecular formula is C23H19N3O4S. The van der Waals surface area contributed by atoms with Crippen molar-refractivity contribution in [3.05, 3.63) is 96.8 Å². The van der Waals surface area contributed by atoms with Gasteiger partial charge in [0.15, 0.2) is 0 Å². The Morgan fingerprint density at radius 3 is 2.32 bits per heavy atom. The first-order chi connectivity index (χ1) is 15.0. The van der Waals surface area contributed by atoms with E-state index in [1.165, 1.54) is 11.8 Å². The highest BCUT2D eigenvalue weighted by Crippen LogP contribution is 2.37. The largest absolute Gasteiger partial charge is 0.478 e. The molecule has 0 spiro atoms. The zero-order chi connectivity index (χ0) is 22.1. The number of amides is 2. The monoisotopic (exact) mass is 433 g/mol. The summed E-state index contributed by atoms with van der Waals surface area (Å²) in [5.41, 5.74) is 1.97. The molecule has 2 aromatic carbocycles. The van der Waals surface area contributed by atoms with Crippen LogP contribution in [0, 0.1) is 0 Å². The van der Waals surface area contributed by atoms with E-state index < -0.39 is 17.1 Å². The molecule has 31 heavy (non-hydrogen) atoms. The van der Waals surface area contributed by atoms with Crippen LogP contribution < -0.4 is 10.6 Å². The van der Waals surface area contributed by atoms with Gasteiger partial charge in [-0.05, 0) is 35.9 Å². The number of nitrogens with zero attached hydrogens (tertiary/aromatic N) is 1. The number of benzene rings is 2. The van der Waals surface area contributed by atoms with Crippen molar-refractivity contribution in [2.45, 2.75) is 10.1 Å². The summed E-state index contributed by atoms with van der Waals surface area (Å²) in [6.45, 7) is 0. The molecule has 0 aliphatic carbocycles. The molecule has 3 aromatic rings. The van der Waals surface area contributed by atoms with Crippen LogP contribution >= 0.6 is 11.8 Å². The molecule has 0 saturated heterocycles. The Morgan fingerprint density at radius 2 is 1.61 bits per heavy atom. The summed E-state index contributed by atoms with van der Waals surface area (Å²) >= 11 is 1.34. The van der Waals surface area contributed by atoms with Gasteiger partial charge in [0.1, 0.15) is 5.25 Å². The van der Waals surface area contributed by atoms with Gasteiger partial charge in [-0.15, -0.1) is 11.8 Å². The van der Waals surface area contributed by atoms with Crippen molar-refractivity contribution in [2.24, 2.45) is 0 Å². The number of carboxylic acid groups (broad SMARTS) is 1. The number of nitrogens with one attached hydrogen (secondary N) is 2. The van der Waals surface area contributed by atoms with Gasteiger partial charge in [-0.3, -0.25) is 14.6 Å². The number of anilines is 2. The molecule has 0 saturated carbocycles. The fourth-order valence-electron chi connectivity index (χ4n) is 2.66. The van der Waals surface area contributed by atoms with E-state index in [9.17, 15) is 14.4 Å². The lowest BCUT2D eigenvalue weighted by atomic mass is 10.1. The molecule has 0 fully saturated rings. The molecule has 8 heteroatoms. The summed E-state index contributed by atoms with van der Waals surface area (Å²) in [4.78, 5) is 40.2. The minimum Gasteiger partial charge on any atom is -0.478 e. The third-order valence-electron chi connectivity index (χ3n) is 4.02. The van der Waals surface area contributed by atoms with Crippen LogP contribution in [0.1, 0.15) is 10.8 Å². The normalized spacial score (nSPS) is 11.6. The Kier molecular flexibility index (Phi) is 7.56. The van der Waals surface area contributed by atoms with Gasteiger partial charge < -0.3 is 15.7 Å². The van der Waals surface area contributed by atoms with Crippen LogP contribution in [0.4, 0.5) is 11.4 Å². The zero-order valence-electron chi connectivity index (χ0n) is 16.3. The molecule has 3 N–H and O–H groups in total. The van der Waals surface area contributed by atoms with E-state index in [1.807, 2.05) is 36.4 Å². The van der Waals surface area contributed by atoms with Crippen molar-refractivity contribution in [1.29, 1.82) is 0 Å². The molecular weight excluding hydrogens is 414 g/mol. The van der Waals surface area contributed by atoms with Crippen LogP contribution in [-0.2, 0) is 14.4 Å². The molecule has 156 valence electrons. The predicted molar refractivity (Wildman–Crippen MR) is 120 cm³/mol. The fraction of sp³-hybridized carbons (Fsp3) is 0.0435. The van der Waals surface area contributed by atoms with E-state index in [0.717, 1.165) is 22.6 Å². The highest BCUT2D eigenvalue weighted by molar-refractivity contribution is 8.00. The van der Waals surface area contributed by atoms with E-state index in [0.29, 0.717) is 11.4 Å². The van der Waals surface area contributed by atoms with Crippen LogP contribution in [0.2, 0.25) is 0 Å². The number of carbonyl (C=O) groups is 3. The molecule has 0 aliphatic heterocycles. The molecule has 3 rings (SSSR count). The summed E-state index contributed by atoms with van der Waals surface area (Å²) < 4.78 is 0. The Bertz CT molecular complexity index is 1090. The smallest absolute Gasteiger partial charge is 0.328 e. The van der Waals surface area contributed by atoms with Gasteiger partial charge in [0.2, 0.25) is 11.8 Å². The lowest BCUT2D eigenvalue weighted by molar-refractivity contribution is -0.131. The number of thioether (sulfide) groups is 1. The minimum atomic E-state index is -1.20. The van der Waals surface area contributed by atoms with Gasteiger partial charge in [-0.1, -0.05) is 36.4 Å². The number of hydrogen-bond acceptors (Lipinski definition) is 5. The van der Waals surface area contributed by atoms with Crippen molar-refractivity contribution >= 4 is 40.9 Å². The standard InChI is InChI=1S/C23H19N3O4S/c27-20(9-10-21(28)29)25-18-7-4-8-19(15-18)31-22(16-5-2-1-3-6-16)23(30)26-17-11-13-24-14-12-17/h1-15,22H,(H,25,27)(H,28,29)(H,24,26,30)/b10-9+. The van der Waals surface area contributed by atoms with E-state index in [1.54, 1.807) is 42.7 Å². The summed E-state index contributed by atoms with van der Waals surface area (Å²) in [6.07, 6.45) is 4.91. The molecule has 0 aliphatic rings. The second-order valence-corrected chi connectivity index (χ2v) is 7.50. The van der Waals surface area contributed by atoms with Crippen LogP contribution in [0.5, 0.6) is 0 Å². The number of aliphatic carboxylic acids is 1. The molecule has 1 aromatic heterocycles. The molecule has 7 nitrogen and oxygen atoms in total. The number of pyridine rings is 1. The number of carbonyl (C=O) groups excluding carboxylic acids is 2. The van der Waals surface area contributed by atoms with Crippen LogP contribution in [-0.4, -0.2) is 27.9 Å². The number of hydrogen-bond donors (Lipinski definition) is 3.